The molecule has 2 aromatic heterocycles. The van der Waals surface area contributed by atoms with Gasteiger partial charge in [0.05, 0.1) is 16.6 Å². The van der Waals surface area contributed by atoms with Crippen molar-refractivity contribution in [2.45, 2.75) is 26.7 Å². The molecule has 0 aliphatic carbocycles. The van der Waals surface area contributed by atoms with Crippen LogP contribution < -0.4 is 16.1 Å². The molecule has 2 N–H and O–H groups in total. The van der Waals surface area contributed by atoms with Crippen LogP contribution in [0.4, 0.5) is 0 Å². The molecule has 3 aromatic rings. The molecule has 1 aromatic carbocycles. The minimum atomic E-state index is -4.20. The Hall–Kier alpha value is -3.21. The second kappa shape index (κ2) is 7.66. The van der Waals surface area contributed by atoms with Gasteiger partial charge in [0.15, 0.2) is 0 Å². The number of rotatable bonds is 7. The first kappa shape index (κ1) is 20.5. The van der Waals surface area contributed by atoms with Crippen molar-refractivity contribution >= 4 is 26.7 Å². The second-order valence-electron chi connectivity index (χ2n) is 6.56. The van der Waals surface area contributed by atoms with E-state index in [-0.39, 0.29) is 11.8 Å². The maximum absolute atomic E-state index is 12.9. The minimum Gasteiger partial charge on any atom is -0.305 e. The van der Waals surface area contributed by atoms with Gasteiger partial charge < -0.3 is 4.98 Å². The summed E-state index contributed by atoms with van der Waals surface area (Å²) in [4.78, 5) is 41.1. The smallest absolute Gasteiger partial charge is 0.305 e. The highest BCUT2D eigenvalue weighted by Crippen LogP contribution is 2.26. The van der Waals surface area contributed by atoms with E-state index in [4.69, 9.17) is 0 Å². The first-order valence-electron chi connectivity index (χ1n) is 8.99. The molecule has 2 heterocycles. The van der Waals surface area contributed by atoms with E-state index in [9.17, 15) is 22.8 Å². The lowest BCUT2D eigenvalue weighted by Crippen LogP contribution is -2.44. The molecule has 0 aliphatic rings. The number of carbonyl (C=O) groups is 1. The molecular weight excluding hydrogens is 398 g/mol. The zero-order chi connectivity index (χ0) is 21.3. The van der Waals surface area contributed by atoms with Gasteiger partial charge in [-0.25, -0.2) is 18.0 Å². The Kier molecular flexibility index (Phi) is 5.42. The van der Waals surface area contributed by atoms with Crippen LogP contribution in [-0.4, -0.2) is 39.4 Å². The molecule has 0 radical (unpaired) electrons. The van der Waals surface area contributed by atoms with Crippen molar-refractivity contribution in [2.75, 3.05) is 10.6 Å². The summed E-state index contributed by atoms with van der Waals surface area (Å²) in [5, 5.41) is 4.27. The van der Waals surface area contributed by atoms with Gasteiger partial charge in [-0.3, -0.25) is 14.3 Å². The molecule has 10 nitrogen and oxygen atoms in total. The Morgan fingerprint density at radius 3 is 2.55 bits per heavy atom. The summed E-state index contributed by atoms with van der Waals surface area (Å²) in [6.07, 6.45) is 2.30. The molecule has 11 heteroatoms. The maximum Gasteiger partial charge on any atom is 0.348 e. The van der Waals surface area contributed by atoms with Crippen LogP contribution in [0.25, 0.3) is 22.2 Å². The van der Waals surface area contributed by atoms with Crippen LogP contribution >= 0.6 is 0 Å². The minimum absolute atomic E-state index is 0.0255. The second-order valence-corrected chi connectivity index (χ2v) is 8.26. The molecule has 29 heavy (non-hydrogen) atoms. The highest BCUT2D eigenvalue weighted by atomic mass is 32.2. The molecule has 0 amide bonds. The normalized spacial score (nSPS) is 11.7. The van der Waals surface area contributed by atoms with Crippen molar-refractivity contribution in [1.82, 2.24) is 19.4 Å². The monoisotopic (exact) mass is 419 g/mol. The van der Waals surface area contributed by atoms with E-state index >= 15 is 0 Å². The Bertz CT molecular complexity index is 1320. The number of nitrogens with zero attached hydrogens (tertiary/aromatic N) is 3. The van der Waals surface area contributed by atoms with Gasteiger partial charge in [-0.15, -0.1) is 0 Å². The molecule has 0 saturated carbocycles. The van der Waals surface area contributed by atoms with Gasteiger partial charge in [-0.05, 0) is 30.2 Å². The molecule has 0 fully saturated rings. The Morgan fingerprint density at radius 2 is 1.97 bits per heavy atom. The summed E-state index contributed by atoms with van der Waals surface area (Å²) < 4.78 is 26.3. The van der Waals surface area contributed by atoms with Gasteiger partial charge in [0.25, 0.3) is 15.6 Å². The van der Waals surface area contributed by atoms with E-state index in [2.05, 4.69) is 10.1 Å². The first-order valence-corrected chi connectivity index (χ1v) is 10.6. The van der Waals surface area contributed by atoms with Gasteiger partial charge in [-0.1, -0.05) is 13.8 Å². The van der Waals surface area contributed by atoms with Crippen molar-refractivity contribution in [1.29, 1.82) is 0 Å². The van der Waals surface area contributed by atoms with Crippen molar-refractivity contribution in [3.8, 4) is 11.3 Å². The predicted octanol–water partition coefficient (Wildman–Crippen LogP) is 0.505. The largest absolute Gasteiger partial charge is 0.348 e. The van der Waals surface area contributed by atoms with Gasteiger partial charge in [-0.2, -0.15) is 9.77 Å². The highest BCUT2D eigenvalue weighted by molar-refractivity contribution is 7.93. The van der Waals surface area contributed by atoms with E-state index in [1.54, 1.807) is 36.1 Å². The van der Waals surface area contributed by atoms with Crippen molar-refractivity contribution in [3.63, 3.8) is 0 Å². The third-order valence-corrected chi connectivity index (χ3v) is 5.74. The van der Waals surface area contributed by atoms with Crippen molar-refractivity contribution in [2.24, 2.45) is 7.05 Å². The summed E-state index contributed by atoms with van der Waals surface area (Å²) in [7, 11) is -2.44. The lowest BCUT2D eigenvalue weighted by molar-refractivity contribution is -0.116. The van der Waals surface area contributed by atoms with Crippen LogP contribution in [0, 0.1) is 0 Å². The predicted molar refractivity (Wildman–Crippen MR) is 109 cm³/mol. The van der Waals surface area contributed by atoms with E-state index in [1.807, 2.05) is 11.8 Å². The molecule has 0 aliphatic heterocycles. The standard InChI is InChI=1S/C18H21N5O5S/c1-4-11-8-15-14(9-13(11)16-6-7-19-22(16)3)17(25)23(18(26)20-15)21-29(27,28)10-12(24)5-2/h6-9,21H,4-5,10H2,1-3H3,(H,20,26). The van der Waals surface area contributed by atoms with E-state index < -0.39 is 32.8 Å². The third kappa shape index (κ3) is 3.99. The summed E-state index contributed by atoms with van der Waals surface area (Å²) in [5.74, 6) is -1.35. The van der Waals surface area contributed by atoms with E-state index in [1.165, 1.54) is 6.92 Å². The molecule has 3 rings (SSSR count). The van der Waals surface area contributed by atoms with Crippen LogP contribution in [0.3, 0.4) is 0 Å². The Labute approximate surface area is 166 Å². The van der Waals surface area contributed by atoms with Gasteiger partial charge in [0.2, 0.25) is 0 Å². The van der Waals surface area contributed by atoms with Gasteiger partial charge >= 0.3 is 5.69 Å². The zero-order valence-corrected chi connectivity index (χ0v) is 17.0. The van der Waals surface area contributed by atoms with Crippen LogP contribution in [-0.2, 0) is 28.3 Å². The number of Topliss-reactive ketones (excluding diaryl/α,β-unsaturated/α-hetero) is 1. The number of carbonyl (C=O) groups excluding carboxylic acids is 1. The summed E-state index contributed by atoms with van der Waals surface area (Å²) in [5.41, 5.74) is 0.938. The fraction of sp³-hybridized carbons (Fsp3) is 0.333. The average molecular weight is 419 g/mol. The van der Waals surface area contributed by atoms with Crippen LogP contribution in [0.15, 0.2) is 34.0 Å². The number of aryl methyl sites for hydroxylation is 2. The van der Waals surface area contributed by atoms with E-state index in [0.29, 0.717) is 16.6 Å². The van der Waals surface area contributed by atoms with Crippen LogP contribution in [0.2, 0.25) is 0 Å². The van der Waals surface area contributed by atoms with Crippen molar-refractivity contribution in [3.05, 3.63) is 50.8 Å². The number of aromatic nitrogens is 4. The van der Waals surface area contributed by atoms with Gasteiger partial charge in [0, 0.05) is 25.2 Å². The number of sulfonamides is 1. The molecular formula is C18H21N5O5S. The lowest BCUT2D eigenvalue weighted by Gasteiger charge is -2.13. The molecule has 0 bridgehead atoms. The Balaban J connectivity index is 2.20. The summed E-state index contributed by atoms with van der Waals surface area (Å²) in [6.45, 7) is 3.47. The molecule has 0 atom stereocenters. The number of nitrogens with one attached hydrogen (secondary N) is 2. The molecule has 154 valence electrons. The topological polar surface area (TPSA) is 136 Å². The Morgan fingerprint density at radius 1 is 1.24 bits per heavy atom. The first-order chi connectivity index (χ1) is 13.7. The number of ketones is 1. The highest BCUT2D eigenvalue weighted by Gasteiger charge is 2.19. The molecule has 0 saturated heterocycles. The fourth-order valence-corrected chi connectivity index (χ4v) is 4.18. The average Bonchev–Trinajstić information content (AvgIpc) is 3.09. The van der Waals surface area contributed by atoms with Crippen LogP contribution in [0.1, 0.15) is 25.8 Å². The molecule has 0 unspecified atom stereocenters. The lowest BCUT2D eigenvalue weighted by atomic mass is 10.00. The van der Waals surface area contributed by atoms with E-state index in [0.717, 1.165) is 16.8 Å². The third-order valence-electron chi connectivity index (χ3n) is 4.58. The van der Waals surface area contributed by atoms with Crippen molar-refractivity contribution < 1.29 is 13.2 Å². The van der Waals surface area contributed by atoms with Crippen LogP contribution in [0.5, 0.6) is 0 Å². The number of aromatic amines is 1. The number of hydrogen-bond acceptors (Lipinski definition) is 6. The molecule has 0 spiro atoms. The number of H-pyrrole nitrogens is 1. The van der Waals surface area contributed by atoms with Gasteiger partial charge in [0.1, 0.15) is 11.5 Å². The quantitative estimate of drug-likeness (QED) is 0.572. The fourth-order valence-electron chi connectivity index (χ4n) is 3.05. The summed E-state index contributed by atoms with van der Waals surface area (Å²) in [6, 6.07) is 5.09. The number of fused-ring (bicyclic) bond motifs is 1. The summed E-state index contributed by atoms with van der Waals surface area (Å²) >= 11 is 0. The maximum atomic E-state index is 12.9. The number of benzene rings is 1. The zero-order valence-electron chi connectivity index (χ0n) is 16.2. The SMILES string of the molecule is CCC(=O)CS(=O)(=O)Nn1c(=O)[nH]c2cc(CC)c(-c3ccnn3C)cc2c1=O. The number of hydrogen-bond donors (Lipinski definition) is 2.